The van der Waals surface area contributed by atoms with Crippen LogP contribution in [0.4, 0.5) is 0 Å². The first kappa shape index (κ1) is 39.1. The molecule has 0 fully saturated rings. The van der Waals surface area contributed by atoms with Crippen LogP contribution in [0.1, 0.15) is 153 Å². The predicted molar refractivity (Wildman–Crippen MR) is 257 cm³/mol. The molecule has 9 rings (SSSR count). The van der Waals surface area contributed by atoms with Crippen molar-refractivity contribution in [2.45, 2.75) is 156 Å². The van der Waals surface area contributed by atoms with Gasteiger partial charge in [0.1, 0.15) is 0 Å². The monoisotopic (exact) mass is 763 g/mol. The molecule has 2 aliphatic rings. The third-order valence-electron chi connectivity index (χ3n) is 14.2. The largest absolute Gasteiger partial charge is 0.0654 e. The van der Waals surface area contributed by atoms with Crippen molar-refractivity contribution in [1.29, 1.82) is 0 Å². The molecule has 0 nitrogen and oxygen atoms in total. The molecule has 0 radical (unpaired) electrons. The molecule has 0 spiro atoms. The Morgan fingerprint density at radius 3 is 0.793 bits per heavy atom. The topological polar surface area (TPSA) is 0 Å². The van der Waals surface area contributed by atoms with Crippen molar-refractivity contribution in [1.82, 2.24) is 0 Å². The number of hydrogen-bond donors (Lipinski definition) is 0. The Balaban J connectivity index is 1.40. The molecule has 298 valence electrons. The lowest BCUT2D eigenvalue weighted by Crippen LogP contribution is -2.03. The second-order valence-corrected chi connectivity index (χ2v) is 18.0. The Morgan fingerprint density at radius 1 is 0.293 bits per heavy atom. The molecule has 0 N–H and O–H groups in total. The van der Waals surface area contributed by atoms with Gasteiger partial charge in [0.15, 0.2) is 0 Å². The second-order valence-electron chi connectivity index (χ2n) is 18.0. The quantitative estimate of drug-likeness (QED) is 0.0536. The fourth-order valence-electron chi connectivity index (χ4n) is 11.4. The minimum absolute atomic E-state index is 1.15. The molecule has 0 saturated heterocycles. The van der Waals surface area contributed by atoms with Gasteiger partial charge >= 0.3 is 0 Å². The lowest BCUT2D eigenvalue weighted by Gasteiger charge is -2.24. The van der Waals surface area contributed by atoms with Gasteiger partial charge in [0.05, 0.1) is 0 Å². The Morgan fingerprint density at radius 2 is 0.552 bits per heavy atom. The number of rotatable bonds is 20. The lowest BCUT2D eigenvalue weighted by molar-refractivity contribution is 0.666. The first-order valence-electron chi connectivity index (χ1n) is 23.9. The zero-order chi connectivity index (χ0) is 39.6. The highest BCUT2D eigenvalue weighted by Gasteiger charge is 2.32. The maximum absolute atomic E-state index is 2.78. The summed E-state index contributed by atoms with van der Waals surface area (Å²) in [6.45, 7) is 9.40. The van der Waals surface area contributed by atoms with Crippen LogP contribution in [0.15, 0.2) is 84.9 Å². The van der Waals surface area contributed by atoms with Crippen molar-refractivity contribution in [3.63, 3.8) is 0 Å². The van der Waals surface area contributed by atoms with E-state index in [-0.39, 0.29) is 0 Å². The van der Waals surface area contributed by atoms with Crippen LogP contribution in [0.2, 0.25) is 0 Å². The summed E-state index contributed by atoms with van der Waals surface area (Å²) in [5.41, 5.74) is 18.7. The number of benzene rings is 7. The maximum atomic E-state index is 2.78. The van der Waals surface area contributed by atoms with Crippen molar-refractivity contribution in [2.75, 3.05) is 0 Å². The van der Waals surface area contributed by atoms with Gasteiger partial charge in [-0.25, -0.2) is 0 Å². The fraction of sp³-hybridized carbons (Fsp3) is 0.414. The van der Waals surface area contributed by atoms with E-state index in [9.17, 15) is 0 Å². The summed E-state index contributed by atoms with van der Waals surface area (Å²) in [5.74, 6) is 0. The lowest BCUT2D eigenvalue weighted by atomic mass is 9.79. The smallest absolute Gasteiger partial charge is 0.00262 e. The van der Waals surface area contributed by atoms with E-state index in [1.807, 2.05) is 0 Å². The molecule has 7 aromatic carbocycles. The van der Waals surface area contributed by atoms with Crippen LogP contribution in [0.5, 0.6) is 0 Å². The molecule has 0 atom stereocenters. The third-order valence-corrected chi connectivity index (χ3v) is 14.2. The standard InChI is InChI=1S/C58H66/c1-5-9-13-17-29-41-49-37-51-43(31-19-15-11-7-3)57-47-35-23-27-40-28-24-36-48(54(40)47)58(57)44(32-20-16-12-8-4)52(51)38-50(49)42(30-18-14-10-6-2)56-46-34-22-26-39-25-21-33-45(53(39)46)55(41)56/h21-28,33-38H,5-20,29-32H2,1-4H3. The van der Waals surface area contributed by atoms with Crippen molar-refractivity contribution in [3.8, 4) is 44.5 Å². The van der Waals surface area contributed by atoms with E-state index in [4.69, 9.17) is 0 Å². The van der Waals surface area contributed by atoms with E-state index in [1.165, 1.54) is 147 Å². The van der Waals surface area contributed by atoms with E-state index < -0.39 is 0 Å². The number of unbranched alkanes of at least 4 members (excludes halogenated alkanes) is 12. The van der Waals surface area contributed by atoms with Crippen LogP contribution in [0.25, 0.3) is 87.6 Å². The van der Waals surface area contributed by atoms with Crippen LogP contribution in [-0.4, -0.2) is 0 Å². The van der Waals surface area contributed by atoms with E-state index in [0.29, 0.717) is 0 Å². The van der Waals surface area contributed by atoms with Gasteiger partial charge in [-0.3, -0.25) is 0 Å². The van der Waals surface area contributed by atoms with Gasteiger partial charge in [-0.2, -0.15) is 0 Å². The summed E-state index contributed by atoms with van der Waals surface area (Å²) < 4.78 is 0. The van der Waals surface area contributed by atoms with Gasteiger partial charge in [0.2, 0.25) is 0 Å². The average molecular weight is 763 g/mol. The Hall–Kier alpha value is -4.42. The van der Waals surface area contributed by atoms with Gasteiger partial charge < -0.3 is 0 Å². The van der Waals surface area contributed by atoms with E-state index in [0.717, 1.165) is 25.7 Å². The summed E-state index contributed by atoms with van der Waals surface area (Å²) in [7, 11) is 0. The van der Waals surface area contributed by atoms with Crippen LogP contribution in [0.3, 0.4) is 0 Å². The zero-order valence-electron chi connectivity index (χ0n) is 36.2. The number of hydrogen-bond acceptors (Lipinski definition) is 0. The van der Waals surface area contributed by atoms with Crippen molar-refractivity contribution >= 4 is 43.1 Å². The summed E-state index contributed by atoms with van der Waals surface area (Å²) in [4.78, 5) is 0. The molecule has 0 bridgehead atoms. The van der Waals surface area contributed by atoms with Crippen molar-refractivity contribution in [3.05, 3.63) is 107 Å². The van der Waals surface area contributed by atoms with Crippen molar-refractivity contribution in [2.24, 2.45) is 0 Å². The molecule has 0 heterocycles. The molecule has 7 aromatic rings. The fourth-order valence-corrected chi connectivity index (χ4v) is 11.4. The van der Waals surface area contributed by atoms with Crippen molar-refractivity contribution < 1.29 is 0 Å². The van der Waals surface area contributed by atoms with E-state index in [2.05, 4.69) is 113 Å². The van der Waals surface area contributed by atoms with Crippen LogP contribution in [0, 0.1) is 0 Å². The van der Waals surface area contributed by atoms with E-state index in [1.54, 1.807) is 66.1 Å². The van der Waals surface area contributed by atoms with Gasteiger partial charge in [0.25, 0.3) is 0 Å². The Kier molecular flexibility index (Phi) is 11.7. The molecule has 0 saturated carbocycles. The highest BCUT2D eigenvalue weighted by atomic mass is 14.4. The first-order valence-corrected chi connectivity index (χ1v) is 23.9. The Labute approximate surface area is 349 Å². The molecule has 0 aliphatic heterocycles. The third kappa shape index (κ3) is 6.77. The summed E-state index contributed by atoms with van der Waals surface area (Å²) in [6, 6.07) is 34.1. The molecule has 0 amide bonds. The van der Waals surface area contributed by atoms with E-state index >= 15 is 0 Å². The van der Waals surface area contributed by atoms with Crippen LogP contribution >= 0.6 is 0 Å². The zero-order valence-corrected chi connectivity index (χ0v) is 36.2. The minimum Gasteiger partial charge on any atom is -0.0654 e. The number of aryl methyl sites for hydroxylation is 4. The molecular weight excluding hydrogens is 697 g/mol. The van der Waals surface area contributed by atoms with Gasteiger partial charge in [-0.15, -0.1) is 0 Å². The average Bonchev–Trinajstić information content (AvgIpc) is 3.77. The maximum Gasteiger partial charge on any atom is -0.00262 e. The summed E-state index contributed by atoms with van der Waals surface area (Å²) >= 11 is 0. The molecule has 2 aliphatic carbocycles. The summed E-state index contributed by atoms with van der Waals surface area (Å²) in [6.07, 6.45) is 25.2. The second kappa shape index (κ2) is 17.4. The molecule has 58 heavy (non-hydrogen) atoms. The predicted octanol–water partition coefficient (Wildman–Crippen LogP) is 18.1. The highest BCUT2D eigenvalue weighted by molar-refractivity contribution is 6.24. The molecular formula is C58H66. The van der Waals surface area contributed by atoms with Crippen LogP contribution < -0.4 is 0 Å². The van der Waals surface area contributed by atoms with Gasteiger partial charge in [-0.1, -0.05) is 178 Å². The molecule has 0 aromatic heterocycles. The normalized spacial score (nSPS) is 12.5. The minimum atomic E-state index is 1.15. The van der Waals surface area contributed by atoms with Gasteiger partial charge in [0, 0.05) is 0 Å². The van der Waals surface area contributed by atoms with Gasteiger partial charge in [-0.05, 0) is 173 Å². The SMILES string of the molecule is CCCCCCc1c2c(c(CCCCCC)c3cc4c(CCCCCC)c5c(c(CCCCCC)c4cc13)-c1cccc3cccc-5c13)-c1cccc3cccc-2c13. The molecule has 0 heteroatoms. The highest BCUT2D eigenvalue weighted by Crippen LogP contribution is 2.57. The number of fused-ring (bicyclic) bond motifs is 8. The summed E-state index contributed by atoms with van der Waals surface area (Å²) in [5, 5.41) is 12.0. The molecule has 0 unspecified atom stereocenters. The first-order chi connectivity index (χ1) is 28.7. The Bertz CT molecular complexity index is 2260. The van der Waals surface area contributed by atoms with Crippen LogP contribution in [-0.2, 0) is 25.7 Å².